The van der Waals surface area contributed by atoms with Crippen molar-refractivity contribution in [2.24, 2.45) is 0 Å². The molecule has 27 heavy (non-hydrogen) atoms. The SMILES string of the molecule is Cc1ccc(F)c([C@@H](NC(=O)c2ccc(=O)[nH]c2)c2ccc(CF)cc2)n1. The Balaban J connectivity index is 2.00. The van der Waals surface area contributed by atoms with Crippen LogP contribution in [0.3, 0.4) is 0 Å². The van der Waals surface area contributed by atoms with E-state index in [0.717, 1.165) is 0 Å². The van der Waals surface area contributed by atoms with Crippen LogP contribution in [0, 0.1) is 12.7 Å². The molecule has 1 atom stereocenters. The summed E-state index contributed by atoms with van der Waals surface area (Å²) in [6, 6.07) is 10.9. The van der Waals surface area contributed by atoms with Gasteiger partial charge in [0.05, 0.1) is 11.6 Å². The van der Waals surface area contributed by atoms with Crippen LogP contribution >= 0.6 is 0 Å². The van der Waals surface area contributed by atoms with Crippen LogP contribution in [0.1, 0.15) is 38.9 Å². The summed E-state index contributed by atoms with van der Waals surface area (Å²) in [5, 5.41) is 2.73. The minimum Gasteiger partial charge on any atom is -0.339 e. The second-order valence-corrected chi connectivity index (χ2v) is 6.04. The molecule has 0 saturated heterocycles. The number of nitrogens with zero attached hydrogens (tertiary/aromatic N) is 1. The zero-order chi connectivity index (χ0) is 19.4. The number of hydrogen-bond donors (Lipinski definition) is 2. The smallest absolute Gasteiger partial charge is 0.253 e. The number of carbonyl (C=O) groups is 1. The zero-order valence-electron chi connectivity index (χ0n) is 14.5. The lowest BCUT2D eigenvalue weighted by Gasteiger charge is -2.20. The summed E-state index contributed by atoms with van der Waals surface area (Å²) >= 11 is 0. The molecule has 2 aromatic heterocycles. The average Bonchev–Trinajstić information content (AvgIpc) is 2.68. The van der Waals surface area contributed by atoms with Gasteiger partial charge in [-0.1, -0.05) is 24.3 Å². The number of amides is 1. The highest BCUT2D eigenvalue weighted by atomic mass is 19.1. The molecular formula is C20H17F2N3O2. The molecule has 0 saturated carbocycles. The third-order valence-corrected chi connectivity index (χ3v) is 4.07. The first-order valence-electron chi connectivity index (χ1n) is 8.25. The summed E-state index contributed by atoms with van der Waals surface area (Å²) in [6.07, 6.45) is 1.28. The summed E-state index contributed by atoms with van der Waals surface area (Å²) in [5.41, 5.74) is 1.56. The van der Waals surface area contributed by atoms with Crippen molar-refractivity contribution < 1.29 is 13.6 Å². The Morgan fingerprint density at radius 3 is 2.52 bits per heavy atom. The van der Waals surface area contributed by atoms with Crippen LogP contribution in [0.4, 0.5) is 8.78 Å². The van der Waals surface area contributed by atoms with E-state index in [9.17, 15) is 18.4 Å². The fourth-order valence-corrected chi connectivity index (χ4v) is 2.64. The maximum absolute atomic E-state index is 14.4. The molecule has 0 aliphatic rings. The molecule has 1 aromatic carbocycles. The van der Waals surface area contributed by atoms with Crippen LogP contribution in [0.2, 0.25) is 0 Å². The van der Waals surface area contributed by atoms with Crippen molar-refractivity contribution in [3.05, 3.63) is 99.0 Å². The number of halogens is 2. The molecule has 2 heterocycles. The van der Waals surface area contributed by atoms with Crippen molar-refractivity contribution in [1.82, 2.24) is 15.3 Å². The van der Waals surface area contributed by atoms with Crippen molar-refractivity contribution in [1.29, 1.82) is 0 Å². The maximum Gasteiger partial charge on any atom is 0.253 e. The van der Waals surface area contributed by atoms with Crippen molar-refractivity contribution in [3.63, 3.8) is 0 Å². The molecule has 3 aromatic rings. The number of aromatic nitrogens is 2. The number of carbonyl (C=O) groups excluding carboxylic acids is 1. The van der Waals surface area contributed by atoms with Crippen molar-refractivity contribution in [3.8, 4) is 0 Å². The molecule has 1 amide bonds. The van der Waals surface area contributed by atoms with Crippen molar-refractivity contribution >= 4 is 5.91 Å². The normalized spacial score (nSPS) is 11.8. The number of benzene rings is 1. The minimum atomic E-state index is -0.877. The van der Waals surface area contributed by atoms with E-state index in [-0.39, 0.29) is 16.8 Å². The Morgan fingerprint density at radius 1 is 1.15 bits per heavy atom. The number of rotatable bonds is 5. The number of aromatic amines is 1. The van der Waals surface area contributed by atoms with Gasteiger partial charge in [0.2, 0.25) is 5.56 Å². The Hall–Kier alpha value is -3.35. The number of H-pyrrole nitrogens is 1. The zero-order valence-corrected chi connectivity index (χ0v) is 14.5. The van der Waals surface area contributed by atoms with Crippen molar-refractivity contribution in [2.75, 3.05) is 0 Å². The van der Waals surface area contributed by atoms with E-state index in [4.69, 9.17) is 0 Å². The molecule has 0 unspecified atom stereocenters. The number of aryl methyl sites for hydroxylation is 1. The first-order valence-corrected chi connectivity index (χ1v) is 8.25. The molecule has 0 radical (unpaired) electrons. The van der Waals surface area contributed by atoms with Crippen LogP contribution in [-0.2, 0) is 6.67 Å². The number of hydrogen-bond acceptors (Lipinski definition) is 3. The van der Waals surface area contributed by atoms with Gasteiger partial charge < -0.3 is 10.3 Å². The Kier molecular flexibility index (Phi) is 5.40. The lowest BCUT2D eigenvalue weighted by molar-refractivity contribution is 0.0941. The molecule has 0 aliphatic heterocycles. The third-order valence-electron chi connectivity index (χ3n) is 4.07. The highest BCUT2D eigenvalue weighted by molar-refractivity contribution is 5.94. The summed E-state index contributed by atoms with van der Waals surface area (Å²) in [4.78, 5) is 30.4. The molecule has 3 rings (SSSR count). The molecule has 5 nitrogen and oxygen atoms in total. The van der Waals surface area contributed by atoms with E-state index in [1.54, 1.807) is 31.2 Å². The maximum atomic E-state index is 14.4. The van der Waals surface area contributed by atoms with Crippen LogP contribution in [0.25, 0.3) is 0 Å². The van der Waals surface area contributed by atoms with Crippen LogP contribution < -0.4 is 10.9 Å². The highest BCUT2D eigenvalue weighted by Crippen LogP contribution is 2.24. The van der Waals surface area contributed by atoms with E-state index in [0.29, 0.717) is 16.8 Å². The second-order valence-electron chi connectivity index (χ2n) is 6.04. The molecule has 0 bridgehead atoms. The molecule has 0 aliphatic carbocycles. The molecule has 0 fully saturated rings. The van der Waals surface area contributed by atoms with Crippen LogP contribution in [-0.4, -0.2) is 15.9 Å². The Labute approximate surface area is 154 Å². The largest absolute Gasteiger partial charge is 0.339 e. The standard InChI is InChI=1S/C20H17F2N3O2/c1-12-2-8-16(22)19(24-12)18(14-5-3-13(10-21)4-6-14)25-20(27)15-7-9-17(26)23-11-15/h2-9,11,18H,10H2,1H3,(H,23,26)(H,25,27)/t18-/m0/s1. The lowest BCUT2D eigenvalue weighted by Crippen LogP contribution is -2.31. The lowest BCUT2D eigenvalue weighted by atomic mass is 10.0. The van der Waals surface area contributed by atoms with Gasteiger partial charge in [-0.3, -0.25) is 14.6 Å². The van der Waals surface area contributed by atoms with E-state index in [2.05, 4.69) is 15.3 Å². The van der Waals surface area contributed by atoms with Gasteiger partial charge in [-0.25, -0.2) is 8.78 Å². The average molecular weight is 369 g/mol. The van der Waals surface area contributed by atoms with Crippen molar-refractivity contribution in [2.45, 2.75) is 19.6 Å². The van der Waals surface area contributed by atoms with Gasteiger partial charge in [-0.05, 0) is 36.2 Å². The third kappa shape index (κ3) is 4.25. The molecule has 7 heteroatoms. The van der Waals surface area contributed by atoms with E-state index >= 15 is 0 Å². The van der Waals surface area contributed by atoms with Gasteiger partial charge in [0.15, 0.2) is 0 Å². The van der Waals surface area contributed by atoms with E-state index in [1.165, 1.54) is 30.5 Å². The predicted octanol–water partition coefficient (Wildman–Crippen LogP) is 3.21. The van der Waals surface area contributed by atoms with Gasteiger partial charge in [0, 0.05) is 18.0 Å². The number of alkyl halides is 1. The van der Waals surface area contributed by atoms with Crippen LogP contribution in [0.5, 0.6) is 0 Å². The quantitative estimate of drug-likeness (QED) is 0.725. The van der Waals surface area contributed by atoms with Gasteiger partial charge in [-0.2, -0.15) is 0 Å². The van der Waals surface area contributed by atoms with Gasteiger partial charge in [-0.15, -0.1) is 0 Å². The Bertz CT molecular complexity index is 996. The molecule has 0 spiro atoms. The van der Waals surface area contributed by atoms with Gasteiger partial charge >= 0.3 is 0 Å². The number of pyridine rings is 2. The van der Waals surface area contributed by atoms with E-state index < -0.39 is 24.4 Å². The predicted molar refractivity (Wildman–Crippen MR) is 96.6 cm³/mol. The Morgan fingerprint density at radius 2 is 1.89 bits per heavy atom. The first-order chi connectivity index (χ1) is 13.0. The highest BCUT2D eigenvalue weighted by Gasteiger charge is 2.23. The minimum absolute atomic E-state index is 0.0563. The second kappa shape index (κ2) is 7.90. The summed E-state index contributed by atoms with van der Waals surface area (Å²) in [5.74, 6) is -1.07. The molecule has 138 valence electrons. The molecular weight excluding hydrogens is 352 g/mol. The van der Waals surface area contributed by atoms with Crippen LogP contribution in [0.15, 0.2) is 59.5 Å². The van der Waals surface area contributed by atoms with Gasteiger partial charge in [0.25, 0.3) is 5.91 Å². The van der Waals surface area contributed by atoms with E-state index in [1.807, 2.05) is 0 Å². The topological polar surface area (TPSA) is 74.8 Å². The fraction of sp³-hybridized carbons (Fsp3) is 0.150. The summed E-state index contributed by atoms with van der Waals surface area (Å²) in [7, 11) is 0. The monoisotopic (exact) mass is 369 g/mol. The van der Waals surface area contributed by atoms with Gasteiger partial charge in [0.1, 0.15) is 18.2 Å². The fourth-order valence-electron chi connectivity index (χ4n) is 2.64. The number of nitrogens with one attached hydrogen (secondary N) is 2. The summed E-state index contributed by atoms with van der Waals surface area (Å²) in [6.45, 7) is 1.10. The first kappa shape index (κ1) is 18.4. The molecule has 2 N–H and O–H groups in total. The summed E-state index contributed by atoms with van der Waals surface area (Å²) < 4.78 is 27.2.